The van der Waals surface area contributed by atoms with E-state index in [0.717, 1.165) is 35.5 Å². The van der Waals surface area contributed by atoms with Crippen LogP contribution in [0.1, 0.15) is 35.5 Å². The molecule has 1 atom stereocenters. The number of hydrogen-bond donors (Lipinski definition) is 2. The van der Waals surface area contributed by atoms with E-state index in [-0.39, 0.29) is 6.04 Å². The number of rotatable bonds is 5. The van der Waals surface area contributed by atoms with Crippen molar-refractivity contribution in [1.29, 1.82) is 0 Å². The van der Waals surface area contributed by atoms with Crippen LogP contribution < -0.4 is 11.3 Å². The Labute approximate surface area is 113 Å². The van der Waals surface area contributed by atoms with Crippen molar-refractivity contribution in [1.82, 2.24) is 25.4 Å². The van der Waals surface area contributed by atoms with E-state index in [2.05, 4.69) is 27.6 Å². The fourth-order valence-electron chi connectivity index (χ4n) is 2.10. The van der Waals surface area contributed by atoms with Gasteiger partial charge in [0.1, 0.15) is 0 Å². The summed E-state index contributed by atoms with van der Waals surface area (Å²) in [6.45, 7) is 6.81. The number of aromatic nitrogens is 4. The summed E-state index contributed by atoms with van der Waals surface area (Å²) < 4.78 is 1.91. The molecule has 102 valence electrons. The number of nitrogens with zero attached hydrogens (tertiary/aromatic N) is 4. The first-order chi connectivity index (χ1) is 9.13. The molecule has 6 heteroatoms. The van der Waals surface area contributed by atoms with Crippen molar-refractivity contribution in [2.45, 2.75) is 39.8 Å². The molecule has 0 saturated carbocycles. The predicted molar refractivity (Wildman–Crippen MR) is 73.2 cm³/mol. The normalized spacial score (nSPS) is 12.6. The second kappa shape index (κ2) is 5.90. The van der Waals surface area contributed by atoms with Gasteiger partial charge in [-0.05, 0) is 44.4 Å². The van der Waals surface area contributed by atoms with E-state index in [0.29, 0.717) is 0 Å². The third kappa shape index (κ3) is 3.15. The van der Waals surface area contributed by atoms with Gasteiger partial charge in [-0.25, -0.2) is 0 Å². The van der Waals surface area contributed by atoms with Crippen LogP contribution in [0.3, 0.4) is 0 Å². The highest BCUT2D eigenvalue weighted by Gasteiger charge is 2.15. The van der Waals surface area contributed by atoms with Gasteiger partial charge in [0.2, 0.25) is 0 Å². The maximum Gasteiger partial charge on any atom is 0.0648 e. The molecule has 0 spiro atoms. The van der Waals surface area contributed by atoms with Gasteiger partial charge in [-0.2, -0.15) is 15.3 Å². The Bertz CT molecular complexity index is 548. The van der Waals surface area contributed by atoms with Crippen LogP contribution in [0, 0.1) is 13.8 Å². The Balaban J connectivity index is 2.22. The number of hydrazine groups is 1. The highest BCUT2D eigenvalue weighted by Crippen LogP contribution is 2.20. The molecule has 6 nitrogen and oxygen atoms in total. The minimum Gasteiger partial charge on any atom is -0.273 e. The van der Waals surface area contributed by atoms with Crippen molar-refractivity contribution in [2.75, 3.05) is 0 Å². The van der Waals surface area contributed by atoms with Gasteiger partial charge in [-0.3, -0.25) is 16.0 Å². The van der Waals surface area contributed by atoms with E-state index in [1.54, 1.807) is 0 Å². The van der Waals surface area contributed by atoms with Gasteiger partial charge in [-0.1, -0.05) is 0 Å². The quantitative estimate of drug-likeness (QED) is 0.620. The summed E-state index contributed by atoms with van der Waals surface area (Å²) in [4.78, 5) is 0. The Morgan fingerprint density at radius 1 is 1.37 bits per heavy atom. The molecule has 0 saturated heterocycles. The van der Waals surface area contributed by atoms with E-state index in [4.69, 9.17) is 5.84 Å². The number of nitrogens with two attached hydrogens (primary N) is 1. The molecule has 19 heavy (non-hydrogen) atoms. The Morgan fingerprint density at radius 2 is 2.16 bits per heavy atom. The minimum absolute atomic E-state index is 0.0173. The molecule has 0 fully saturated rings. The molecular weight excluding hydrogens is 240 g/mol. The van der Waals surface area contributed by atoms with Crippen LogP contribution in [0.25, 0.3) is 0 Å². The molecule has 3 N–H and O–H groups in total. The first kappa shape index (κ1) is 13.6. The van der Waals surface area contributed by atoms with Crippen LogP contribution in [0.5, 0.6) is 0 Å². The first-order valence-electron chi connectivity index (χ1n) is 6.42. The van der Waals surface area contributed by atoms with E-state index in [1.807, 2.05) is 37.0 Å². The van der Waals surface area contributed by atoms with E-state index < -0.39 is 0 Å². The molecule has 2 rings (SSSR count). The molecule has 0 amide bonds. The zero-order valence-electron chi connectivity index (χ0n) is 11.6. The fourth-order valence-corrected chi connectivity index (χ4v) is 2.10. The van der Waals surface area contributed by atoms with Crippen molar-refractivity contribution >= 4 is 0 Å². The largest absolute Gasteiger partial charge is 0.273 e. The topological polar surface area (TPSA) is 81.7 Å². The van der Waals surface area contributed by atoms with Gasteiger partial charge in [0.05, 0.1) is 23.6 Å². The maximum atomic E-state index is 5.69. The zero-order valence-corrected chi connectivity index (χ0v) is 11.6. The highest BCUT2D eigenvalue weighted by molar-refractivity contribution is 5.25. The molecule has 0 aromatic carbocycles. The summed E-state index contributed by atoms with van der Waals surface area (Å²) in [5, 5.41) is 12.5. The van der Waals surface area contributed by atoms with Crippen molar-refractivity contribution in [2.24, 2.45) is 5.84 Å². The molecule has 2 aromatic heterocycles. The summed E-state index contributed by atoms with van der Waals surface area (Å²) in [6, 6.07) is 2.04. The zero-order chi connectivity index (χ0) is 13.8. The van der Waals surface area contributed by atoms with Crippen LogP contribution >= 0.6 is 0 Å². The first-order valence-corrected chi connectivity index (χ1v) is 6.42. The Hall–Kier alpha value is -1.79. The second-order valence-electron chi connectivity index (χ2n) is 4.65. The van der Waals surface area contributed by atoms with Gasteiger partial charge in [-0.15, -0.1) is 0 Å². The maximum absolute atomic E-state index is 5.69. The summed E-state index contributed by atoms with van der Waals surface area (Å²) in [7, 11) is 0. The molecule has 0 radical (unpaired) electrons. The average molecular weight is 260 g/mol. The van der Waals surface area contributed by atoms with E-state index >= 15 is 0 Å². The summed E-state index contributed by atoms with van der Waals surface area (Å²) >= 11 is 0. The third-order valence-corrected chi connectivity index (χ3v) is 3.17. The molecule has 2 heterocycles. The molecule has 2 aromatic rings. The van der Waals surface area contributed by atoms with E-state index in [1.165, 1.54) is 0 Å². The fraction of sp³-hybridized carbons (Fsp3) is 0.462. The van der Waals surface area contributed by atoms with Crippen LogP contribution in [-0.2, 0) is 13.0 Å². The molecule has 0 aliphatic rings. The van der Waals surface area contributed by atoms with Crippen LogP contribution in [-0.4, -0.2) is 20.0 Å². The lowest BCUT2D eigenvalue weighted by molar-refractivity contribution is 0.543. The molecule has 0 aliphatic carbocycles. The van der Waals surface area contributed by atoms with Crippen molar-refractivity contribution in [3.8, 4) is 0 Å². The summed E-state index contributed by atoms with van der Waals surface area (Å²) in [6.07, 6.45) is 4.70. The number of hydrogen-bond acceptors (Lipinski definition) is 5. The van der Waals surface area contributed by atoms with Gasteiger partial charge in [0.25, 0.3) is 0 Å². The lowest BCUT2D eigenvalue weighted by Gasteiger charge is -2.17. The standard InChI is InChI=1S/C13H20N6/c1-4-19-8-11(7-15-19)6-13(16-14)12-5-9(2)17-18-10(12)3/h5,7-8,13,16H,4,6,14H2,1-3H3. The van der Waals surface area contributed by atoms with Crippen molar-refractivity contribution in [3.63, 3.8) is 0 Å². The van der Waals surface area contributed by atoms with Crippen molar-refractivity contribution in [3.05, 3.63) is 41.0 Å². The molecule has 1 unspecified atom stereocenters. The second-order valence-corrected chi connectivity index (χ2v) is 4.65. The van der Waals surface area contributed by atoms with Crippen molar-refractivity contribution < 1.29 is 0 Å². The summed E-state index contributed by atoms with van der Waals surface area (Å²) in [5.74, 6) is 5.69. The average Bonchev–Trinajstić information content (AvgIpc) is 2.87. The highest BCUT2D eigenvalue weighted by atomic mass is 15.3. The van der Waals surface area contributed by atoms with Gasteiger partial charge >= 0.3 is 0 Å². The molecule has 0 aliphatic heterocycles. The van der Waals surface area contributed by atoms with Gasteiger partial charge in [0.15, 0.2) is 0 Å². The van der Waals surface area contributed by atoms with Crippen LogP contribution in [0.2, 0.25) is 0 Å². The lowest BCUT2D eigenvalue weighted by Crippen LogP contribution is -2.30. The van der Waals surface area contributed by atoms with Gasteiger partial charge < -0.3 is 0 Å². The van der Waals surface area contributed by atoms with Crippen LogP contribution in [0.4, 0.5) is 0 Å². The smallest absolute Gasteiger partial charge is 0.0648 e. The number of aryl methyl sites for hydroxylation is 3. The molecule has 0 bridgehead atoms. The monoisotopic (exact) mass is 260 g/mol. The SMILES string of the molecule is CCn1cc(CC(NN)c2cc(C)nnc2C)cn1. The Kier molecular flexibility index (Phi) is 4.24. The Morgan fingerprint density at radius 3 is 2.79 bits per heavy atom. The van der Waals surface area contributed by atoms with E-state index in [9.17, 15) is 0 Å². The van der Waals surface area contributed by atoms with Crippen LogP contribution in [0.15, 0.2) is 18.5 Å². The lowest BCUT2D eigenvalue weighted by atomic mass is 10.00. The van der Waals surface area contributed by atoms with Gasteiger partial charge in [0, 0.05) is 12.7 Å². The number of nitrogens with one attached hydrogen (secondary N) is 1. The predicted octanol–water partition coefficient (Wildman–Crippen LogP) is 1.06. The molecular formula is C13H20N6. The third-order valence-electron chi connectivity index (χ3n) is 3.17. The summed E-state index contributed by atoms with van der Waals surface area (Å²) in [5.41, 5.74) is 6.88. The minimum atomic E-state index is 0.0173.